The van der Waals surface area contributed by atoms with E-state index in [0.29, 0.717) is 10.6 Å². The zero-order chi connectivity index (χ0) is 11.4. The number of ether oxygens (including phenoxy) is 1. The standard InChI is InChI=1S/C11H7FN2OS/c12-8-1-3-9(4-2-8)15-7-11-14-6-10(5-13)16-11/h1-4,6H,7H2. The molecule has 1 aromatic heterocycles. The van der Waals surface area contributed by atoms with E-state index >= 15 is 0 Å². The molecule has 0 aliphatic heterocycles. The molecule has 80 valence electrons. The lowest BCUT2D eigenvalue weighted by atomic mass is 10.3. The maximum Gasteiger partial charge on any atom is 0.140 e. The monoisotopic (exact) mass is 234 g/mol. The fraction of sp³-hybridized carbons (Fsp3) is 0.0909. The van der Waals surface area contributed by atoms with Crippen LogP contribution in [0.2, 0.25) is 0 Å². The molecule has 0 amide bonds. The van der Waals surface area contributed by atoms with Gasteiger partial charge in [-0.2, -0.15) is 5.26 Å². The highest BCUT2D eigenvalue weighted by Crippen LogP contribution is 2.16. The molecule has 1 aromatic carbocycles. The van der Waals surface area contributed by atoms with Gasteiger partial charge in [0.25, 0.3) is 0 Å². The largest absolute Gasteiger partial charge is 0.486 e. The summed E-state index contributed by atoms with van der Waals surface area (Å²) in [5.74, 6) is 0.281. The minimum atomic E-state index is -0.298. The van der Waals surface area contributed by atoms with Gasteiger partial charge in [0.1, 0.15) is 34.1 Å². The van der Waals surface area contributed by atoms with Gasteiger partial charge in [-0.3, -0.25) is 0 Å². The maximum atomic E-state index is 12.6. The van der Waals surface area contributed by atoms with E-state index in [4.69, 9.17) is 10.00 Å². The summed E-state index contributed by atoms with van der Waals surface area (Å²) in [6.07, 6.45) is 1.51. The molecule has 5 heteroatoms. The van der Waals surface area contributed by atoms with Gasteiger partial charge in [0.2, 0.25) is 0 Å². The van der Waals surface area contributed by atoms with Crippen LogP contribution in [0.3, 0.4) is 0 Å². The van der Waals surface area contributed by atoms with Crippen molar-refractivity contribution in [3.63, 3.8) is 0 Å². The number of hydrogen-bond acceptors (Lipinski definition) is 4. The molecule has 0 saturated carbocycles. The molecule has 0 bridgehead atoms. The van der Waals surface area contributed by atoms with Crippen LogP contribution in [0.1, 0.15) is 9.88 Å². The van der Waals surface area contributed by atoms with Gasteiger partial charge >= 0.3 is 0 Å². The summed E-state index contributed by atoms with van der Waals surface area (Å²) in [5, 5.41) is 9.33. The second-order valence-corrected chi connectivity index (χ2v) is 4.09. The van der Waals surface area contributed by atoms with E-state index in [0.717, 1.165) is 5.01 Å². The lowest BCUT2D eigenvalue weighted by Gasteiger charge is -2.02. The summed E-state index contributed by atoms with van der Waals surface area (Å²) in [7, 11) is 0. The molecule has 2 aromatic rings. The van der Waals surface area contributed by atoms with Gasteiger partial charge in [0.15, 0.2) is 0 Å². The zero-order valence-electron chi connectivity index (χ0n) is 8.18. The molecule has 0 spiro atoms. The van der Waals surface area contributed by atoms with E-state index in [9.17, 15) is 4.39 Å². The Labute approximate surface area is 95.8 Å². The van der Waals surface area contributed by atoms with E-state index < -0.39 is 0 Å². The smallest absolute Gasteiger partial charge is 0.140 e. The van der Waals surface area contributed by atoms with E-state index in [1.54, 1.807) is 12.1 Å². The van der Waals surface area contributed by atoms with Crippen LogP contribution in [0.4, 0.5) is 4.39 Å². The molecular formula is C11H7FN2OS. The van der Waals surface area contributed by atoms with Crippen LogP contribution in [-0.4, -0.2) is 4.98 Å². The molecule has 0 N–H and O–H groups in total. The van der Waals surface area contributed by atoms with Gasteiger partial charge in [-0.1, -0.05) is 0 Å². The normalized spacial score (nSPS) is 9.75. The molecule has 3 nitrogen and oxygen atoms in total. The van der Waals surface area contributed by atoms with Crippen molar-refractivity contribution in [1.29, 1.82) is 5.26 Å². The summed E-state index contributed by atoms with van der Waals surface area (Å²) in [6, 6.07) is 7.77. The summed E-state index contributed by atoms with van der Waals surface area (Å²) in [6.45, 7) is 0.290. The number of nitrogens with zero attached hydrogens (tertiary/aromatic N) is 2. The average Bonchev–Trinajstić information content (AvgIpc) is 2.76. The molecule has 0 radical (unpaired) electrons. The third-order valence-electron chi connectivity index (χ3n) is 1.84. The van der Waals surface area contributed by atoms with Crippen molar-refractivity contribution in [1.82, 2.24) is 4.98 Å². The number of hydrogen-bond donors (Lipinski definition) is 0. The Morgan fingerprint density at radius 1 is 1.38 bits per heavy atom. The summed E-state index contributed by atoms with van der Waals surface area (Å²) in [5.41, 5.74) is 0. The number of nitriles is 1. The van der Waals surface area contributed by atoms with Gasteiger partial charge in [-0.15, -0.1) is 11.3 Å². The predicted octanol–water partition coefficient (Wildman–Crippen LogP) is 2.73. The van der Waals surface area contributed by atoms with Crippen LogP contribution < -0.4 is 4.74 Å². The van der Waals surface area contributed by atoms with E-state index in [1.807, 2.05) is 6.07 Å². The van der Waals surface area contributed by atoms with E-state index in [-0.39, 0.29) is 12.4 Å². The van der Waals surface area contributed by atoms with Crippen molar-refractivity contribution < 1.29 is 9.13 Å². The van der Waals surface area contributed by atoms with Crippen molar-refractivity contribution >= 4 is 11.3 Å². The number of aromatic nitrogens is 1. The molecule has 2 rings (SSSR count). The van der Waals surface area contributed by atoms with Crippen molar-refractivity contribution in [2.75, 3.05) is 0 Å². The van der Waals surface area contributed by atoms with Crippen LogP contribution in [0.15, 0.2) is 30.5 Å². The molecule has 1 heterocycles. The Bertz CT molecular complexity index is 516. The first kappa shape index (κ1) is 10.6. The molecule has 0 unspecified atom stereocenters. The Balaban J connectivity index is 1.97. The quantitative estimate of drug-likeness (QED) is 0.820. The third kappa shape index (κ3) is 2.55. The number of rotatable bonds is 3. The first-order valence-corrected chi connectivity index (χ1v) is 5.33. The second kappa shape index (κ2) is 4.73. The van der Waals surface area contributed by atoms with Gasteiger partial charge in [0, 0.05) is 0 Å². The SMILES string of the molecule is N#Cc1cnc(COc2ccc(F)cc2)s1. The van der Waals surface area contributed by atoms with Gasteiger partial charge in [-0.25, -0.2) is 9.37 Å². The summed E-state index contributed by atoms with van der Waals surface area (Å²) < 4.78 is 18.0. The van der Waals surface area contributed by atoms with Crippen LogP contribution in [0, 0.1) is 17.1 Å². The van der Waals surface area contributed by atoms with Crippen LogP contribution in [0.25, 0.3) is 0 Å². The highest BCUT2D eigenvalue weighted by molar-refractivity contribution is 7.12. The summed E-state index contributed by atoms with van der Waals surface area (Å²) >= 11 is 1.28. The van der Waals surface area contributed by atoms with Crippen molar-refractivity contribution in [2.45, 2.75) is 6.61 Å². The van der Waals surface area contributed by atoms with Crippen molar-refractivity contribution in [3.8, 4) is 11.8 Å². The number of thiazole rings is 1. The Hall–Kier alpha value is -1.93. The van der Waals surface area contributed by atoms with E-state index in [2.05, 4.69) is 4.98 Å². The third-order valence-corrected chi connectivity index (χ3v) is 2.72. The van der Waals surface area contributed by atoms with Crippen molar-refractivity contribution in [3.05, 3.63) is 46.2 Å². The Morgan fingerprint density at radius 2 is 2.12 bits per heavy atom. The molecule has 0 fully saturated rings. The number of benzene rings is 1. The lowest BCUT2D eigenvalue weighted by Crippen LogP contribution is -1.94. The van der Waals surface area contributed by atoms with E-state index in [1.165, 1.54) is 29.7 Å². The molecule has 0 aliphatic rings. The topological polar surface area (TPSA) is 45.9 Å². The highest BCUT2D eigenvalue weighted by Gasteiger charge is 2.02. The minimum absolute atomic E-state index is 0.290. The zero-order valence-corrected chi connectivity index (χ0v) is 9.00. The Kier molecular flexibility index (Phi) is 3.13. The lowest BCUT2D eigenvalue weighted by molar-refractivity contribution is 0.305. The second-order valence-electron chi connectivity index (χ2n) is 2.97. The minimum Gasteiger partial charge on any atom is -0.486 e. The fourth-order valence-electron chi connectivity index (χ4n) is 1.10. The predicted molar refractivity (Wildman–Crippen MR) is 57.6 cm³/mol. The first-order chi connectivity index (χ1) is 7.78. The summed E-state index contributed by atoms with van der Waals surface area (Å²) in [4.78, 5) is 4.57. The van der Waals surface area contributed by atoms with Crippen molar-refractivity contribution in [2.24, 2.45) is 0 Å². The van der Waals surface area contributed by atoms with Crippen LogP contribution >= 0.6 is 11.3 Å². The Morgan fingerprint density at radius 3 is 2.75 bits per heavy atom. The van der Waals surface area contributed by atoms with Crippen LogP contribution in [0.5, 0.6) is 5.75 Å². The molecule has 0 aliphatic carbocycles. The average molecular weight is 234 g/mol. The van der Waals surface area contributed by atoms with Gasteiger partial charge < -0.3 is 4.74 Å². The molecule has 16 heavy (non-hydrogen) atoms. The molecule has 0 atom stereocenters. The molecule has 0 saturated heterocycles. The van der Waals surface area contributed by atoms with Gasteiger partial charge in [-0.05, 0) is 24.3 Å². The highest BCUT2D eigenvalue weighted by atomic mass is 32.1. The van der Waals surface area contributed by atoms with Crippen LogP contribution in [-0.2, 0) is 6.61 Å². The first-order valence-electron chi connectivity index (χ1n) is 4.51. The fourth-order valence-corrected chi connectivity index (χ4v) is 1.73. The van der Waals surface area contributed by atoms with Gasteiger partial charge in [0.05, 0.1) is 6.20 Å². The number of halogens is 1. The maximum absolute atomic E-state index is 12.6. The molecular weight excluding hydrogens is 227 g/mol.